The Hall–Kier alpha value is -2.79. The van der Waals surface area contributed by atoms with E-state index >= 15 is 0 Å². The lowest BCUT2D eigenvalue weighted by Gasteiger charge is -2.13. The molecule has 5 nitrogen and oxygen atoms in total. The quantitative estimate of drug-likeness (QED) is 0.700. The normalized spacial score (nSPS) is 10.5. The standard InChI is InChI=1S/C19H18ClN3O2/c1-12-8-13(2)18(16(20)9-12)23-14-5-6-21-17(10-14)19(24)22-11-15-4-3-7-25-15/h3-10H,11H2,1-2H3,(H,21,23)(H,22,24). The Morgan fingerprint density at radius 1 is 1.24 bits per heavy atom. The van der Waals surface area contributed by atoms with Crippen molar-refractivity contribution >= 4 is 28.9 Å². The zero-order valence-electron chi connectivity index (χ0n) is 14.0. The zero-order valence-corrected chi connectivity index (χ0v) is 14.7. The summed E-state index contributed by atoms with van der Waals surface area (Å²) in [4.78, 5) is 16.4. The highest BCUT2D eigenvalue weighted by atomic mass is 35.5. The number of rotatable bonds is 5. The average molecular weight is 356 g/mol. The van der Waals surface area contributed by atoms with Crippen molar-refractivity contribution in [3.63, 3.8) is 0 Å². The van der Waals surface area contributed by atoms with Crippen molar-refractivity contribution in [3.8, 4) is 0 Å². The third-order valence-electron chi connectivity index (χ3n) is 3.70. The molecule has 1 amide bonds. The predicted octanol–water partition coefficient (Wildman–Crippen LogP) is 4.62. The van der Waals surface area contributed by atoms with Crippen molar-refractivity contribution in [1.82, 2.24) is 10.3 Å². The molecule has 0 radical (unpaired) electrons. The van der Waals surface area contributed by atoms with E-state index < -0.39 is 0 Å². The van der Waals surface area contributed by atoms with Gasteiger partial charge in [0.1, 0.15) is 11.5 Å². The minimum atomic E-state index is -0.272. The molecular formula is C19H18ClN3O2. The first-order chi connectivity index (χ1) is 12.0. The zero-order chi connectivity index (χ0) is 17.8. The van der Waals surface area contributed by atoms with Crippen molar-refractivity contribution in [1.29, 1.82) is 0 Å². The molecule has 0 bridgehead atoms. The summed E-state index contributed by atoms with van der Waals surface area (Å²) in [5.41, 5.74) is 4.01. The Balaban J connectivity index is 1.74. The van der Waals surface area contributed by atoms with Gasteiger partial charge in [0, 0.05) is 11.9 Å². The van der Waals surface area contributed by atoms with E-state index in [4.69, 9.17) is 16.0 Å². The highest BCUT2D eigenvalue weighted by Gasteiger charge is 2.10. The number of aromatic nitrogens is 1. The Kier molecular flexibility index (Phi) is 5.05. The monoisotopic (exact) mass is 355 g/mol. The number of carbonyl (C=O) groups excluding carboxylic acids is 1. The Bertz CT molecular complexity index is 868. The molecule has 0 saturated carbocycles. The Morgan fingerprint density at radius 2 is 2.08 bits per heavy atom. The van der Waals surface area contributed by atoms with Gasteiger partial charge in [0.2, 0.25) is 0 Å². The lowest BCUT2D eigenvalue weighted by atomic mass is 10.1. The van der Waals surface area contributed by atoms with E-state index in [-0.39, 0.29) is 5.91 Å². The predicted molar refractivity (Wildman–Crippen MR) is 98.3 cm³/mol. The van der Waals surface area contributed by atoms with E-state index in [9.17, 15) is 4.79 Å². The van der Waals surface area contributed by atoms with Crippen LogP contribution in [0, 0.1) is 13.8 Å². The van der Waals surface area contributed by atoms with Gasteiger partial charge in [-0.05, 0) is 55.3 Å². The van der Waals surface area contributed by atoms with Crippen LogP contribution in [0.4, 0.5) is 11.4 Å². The molecule has 3 aromatic rings. The van der Waals surface area contributed by atoms with E-state index in [1.165, 1.54) is 0 Å². The maximum absolute atomic E-state index is 12.3. The van der Waals surface area contributed by atoms with E-state index in [2.05, 4.69) is 15.6 Å². The molecule has 0 saturated heterocycles. The van der Waals surface area contributed by atoms with Crippen molar-refractivity contribution in [2.24, 2.45) is 0 Å². The summed E-state index contributed by atoms with van der Waals surface area (Å²) in [5, 5.41) is 6.67. The summed E-state index contributed by atoms with van der Waals surface area (Å²) in [5.74, 6) is 0.413. The van der Waals surface area contributed by atoms with E-state index in [0.717, 1.165) is 22.5 Å². The van der Waals surface area contributed by atoms with E-state index in [0.29, 0.717) is 23.0 Å². The van der Waals surface area contributed by atoms with Gasteiger partial charge in [-0.3, -0.25) is 9.78 Å². The molecule has 2 N–H and O–H groups in total. The van der Waals surface area contributed by atoms with Crippen LogP contribution in [0.2, 0.25) is 5.02 Å². The van der Waals surface area contributed by atoms with Crippen LogP contribution in [0.5, 0.6) is 0 Å². The number of hydrogen-bond donors (Lipinski definition) is 2. The SMILES string of the molecule is Cc1cc(C)c(Nc2ccnc(C(=O)NCc3ccco3)c2)c(Cl)c1. The average Bonchev–Trinajstić information content (AvgIpc) is 3.10. The fraction of sp³-hybridized carbons (Fsp3) is 0.158. The van der Waals surface area contributed by atoms with Crippen LogP contribution in [-0.2, 0) is 6.54 Å². The lowest BCUT2D eigenvalue weighted by Crippen LogP contribution is -2.23. The smallest absolute Gasteiger partial charge is 0.270 e. The summed E-state index contributed by atoms with van der Waals surface area (Å²) < 4.78 is 5.20. The first-order valence-electron chi connectivity index (χ1n) is 7.83. The van der Waals surface area contributed by atoms with Gasteiger partial charge in [-0.1, -0.05) is 17.7 Å². The van der Waals surface area contributed by atoms with Gasteiger partial charge in [-0.15, -0.1) is 0 Å². The maximum atomic E-state index is 12.3. The Morgan fingerprint density at radius 3 is 2.80 bits per heavy atom. The van der Waals surface area contributed by atoms with Crippen LogP contribution in [0.1, 0.15) is 27.4 Å². The number of amides is 1. The molecule has 0 aliphatic carbocycles. The first kappa shape index (κ1) is 17.0. The summed E-state index contributed by atoms with van der Waals surface area (Å²) in [6, 6.07) is 11.0. The summed E-state index contributed by atoms with van der Waals surface area (Å²) >= 11 is 6.33. The van der Waals surface area contributed by atoms with Gasteiger partial charge in [0.25, 0.3) is 5.91 Å². The summed E-state index contributed by atoms with van der Waals surface area (Å²) in [7, 11) is 0. The van der Waals surface area contributed by atoms with Gasteiger partial charge < -0.3 is 15.1 Å². The van der Waals surface area contributed by atoms with Gasteiger partial charge in [-0.25, -0.2) is 0 Å². The van der Waals surface area contributed by atoms with Gasteiger partial charge >= 0.3 is 0 Å². The number of anilines is 2. The molecule has 2 aromatic heterocycles. The second-order valence-electron chi connectivity index (χ2n) is 5.76. The third kappa shape index (κ3) is 4.19. The highest BCUT2D eigenvalue weighted by Crippen LogP contribution is 2.30. The molecule has 25 heavy (non-hydrogen) atoms. The van der Waals surface area contributed by atoms with Crippen molar-refractivity contribution in [2.45, 2.75) is 20.4 Å². The summed E-state index contributed by atoms with van der Waals surface area (Å²) in [6.07, 6.45) is 3.15. The van der Waals surface area contributed by atoms with Crippen LogP contribution in [0.3, 0.4) is 0 Å². The van der Waals surface area contributed by atoms with Crippen LogP contribution < -0.4 is 10.6 Å². The number of nitrogens with one attached hydrogen (secondary N) is 2. The number of nitrogens with zero attached hydrogens (tertiary/aromatic N) is 1. The first-order valence-corrected chi connectivity index (χ1v) is 8.21. The van der Waals surface area contributed by atoms with Crippen molar-refractivity contribution in [2.75, 3.05) is 5.32 Å². The number of furan rings is 1. The van der Waals surface area contributed by atoms with Crippen LogP contribution >= 0.6 is 11.6 Å². The number of halogens is 1. The molecule has 0 aliphatic heterocycles. The molecule has 0 aliphatic rings. The van der Waals surface area contributed by atoms with E-state index in [1.807, 2.05) is 26.0 Å². The molecule has 0 unspecified atom stereocenters. The molecule has 3 rings (SSSR count). The fourth-order valence-electron chi connectivity index (χ4n) is 2.52. The number of carbonyl (C=O) groups is 1. The van der Waals surface area contributed by atoms with Gasteiger partial charge in [-0.2, -0.15) is 0 Å². The molecular weight excluding hydrogens is 338 g/mol. The number of pyridine rings is 1. The summed E-state index contributed by atoms with van der Waals surface area (Å²) in [6.45, 7) is 4.30. The molecule has 128 valence electrons. The minimum absolute atomic E-state index is 0.272. The topological polar surface area (TPSA) is 67.2 Å². The third-order valence-corrected chi connectivity index (χ3v) is 4.00. The largest absolute Gasteiger partial charge is 0.467 e. The lowest BCUT2D eigenvalue weighted by molar-refractivity contribution is 0.0943. The molecule has 0 spiro atoms. The number of aryl methyl sites for hydroxylation is 2. The van der Waals surface area contributed by atoms with Crippen LogP contribution in [0.25, 0.3) is 0 Å². The van der Waals surface area contributed by atoms with Crippen LogP contribution in [-0.4, -0.2) is 10.9 Å². The molecule has 0 atom stereocenters. The van der Waals surface area contributed by atoms with Gasteiger partial charge in [0.15, 0.2) is 0 Å². The number of benzene rings is 1. The minimum Gasteiger partial charge on any atom is -0.467 e. The fourth-order valence-corrected chi connectivity index (χ4v) is 2.89. The van der Waals surface area contributed by atoms with Gasteiger partial charge in [0.05, 0.1) is 23.5 Å². The molecule has 0 fully saturated rings. The van der Waals surface area contributed by atoms with Crippen LogP contribution in [0.15, 0.2) is 53.3 Å². The van der Waals surface area contributed by atoms with E-state index in [1.54, 1.807) is 36.7 Å². The molecule has 1 aromatic carbocycles. The molecule has 6 heteroatoms. The second-order valence-corrected chi connectivity index (χ2v) is 6.16. The van der Waals surface area contributed by atoms with Crippen molar-refractivity contribution < 1.29 is 9.21 Å². The maximum Gasteiger partial charge on any atom is 0.270 e. The van der Waals surface area contributed by atoms with Crippen molar-refractivity contribution in [3.05, 3.63) is 76.5 Å². The Labute approximate surface area is 151 Å². The second kappa shape index (κ2) is 7.40. The number of hydrogen-bond acceptors (Lipinski definition) is 4. The highest BCUT2D eigenvalue weighted by molar-refractivity contribution is 6.33. The molecule has 2 heterocycles.